The molecule has 4 aliphatic rings. The van der Waals surface area contributed by atoms with Gasteiger partial charge in [0.25, 0.3) is 5.91 Å². The number of amides is 1. The highest BCUT2D eigenvalue weighted by Gasteiger charge is 2.65. The Hall–Kier alpha value is -5.62. The molecule has 0 bridgehead atoms. The van der Waals surface area contributed by atoms with Gasteiger partial charge in [0, 0.05) is 43.7 Å². The lowest BCUT2D eigenvalue weighted by atomic mass is 9.55. The van der Waals surface area contributed by atoms with Crippen molar-refractivity contribution in [3.63, 3.8) is 0 Å². The molecule has 2 N–H and O–H groups in total. The Morgan fingerprint density at radius 3 is 2.30 bits per heavy atom. The Kier molecular flexibility index (Phi) is 13.3. The normalized spacial score (nSPS) is 23.8. The molecule has 1 fully saturated rings. The summed E-state index contributed by atoms with van der Waals surface area (Å²) >= 11 is 0. The van der Waals surface area contributed by atoms with Gasteiger partial charge in [0.15, 0.2) is 11.5 Å². The van der Waals surface area contributed by atoms with E-state index in [0.29, 0.717) is 47.2 Å². The molecule has 6 atom stereocenters. The first kappa shape index (κ1) is 44.0. The molecule has 4 aromatic carbocycles. The van der Waals surface area contributed by atoms with Crippen LogP contribution >= 0.6 is 0 Å². The minimum atomic E-state index is -1.39. The van der Waals surface area contributed by atoms with Crippen LogP contribution in [0.1, 0.15) is 87.6 Å². The third-order valence-corrected chi connectivity index (χ3v) is 12.7. The number of hydrogen-bond donors (Lipinski definition) is 2. The minimum absolute atomic E-state index is 0.0668. The number of aliphatic hydroxyl groups excluding tert-OH is 2. The largest absolute Gasteiger partial charge is 0.459 e. The zero-order valence-corrected chi connectivity index (χ0v) is 36.8. The molecule has 2 heterocycles. The third-order valence-electron chi connectivity index (χ3n) is 12.7. The van der Waals surface area contributed by atoms with Crippen molar-refractivity contribution in [1.29, 1.82) is 0 Å². The fourth-order valence-electron chi connectivity index (χ4n) is 9.84. The first-order valence-electron chi connectivity index (χ1n) is 22.3. The zero-order valence-electron chi connectivity index (χ0n) is 36.8. The number of nitrogens with zero attached hydrogens (tertiary/aromatic N) is 2. The van der Waals surface area contributed by atoms with Crippen molar-refractivity contribution in [2.75, 3.05) is 33.7 Å². The van der Waals surface area contributed by atoms with Crippen molar-refractivity contribution in [3.05, 3.63) is 126 Å². The summed E-state index contributed by atoms with van der Waals surface area (Å²) in [6.07, 6.45) is 9.01. The van der Waals surface area contributed by atoms with Crippen LogP contribution in [0.4, 0.5) is 0 Å². The number of hydrogen-bond acceptors (Lipinski definition) is 10. The molecule has 0 spiro atoms. The molecule has 4 aromatic rings. The number of carbonyl (C=O) groups excluding carboxylic acids is 1. The number of unbranched alkanes of at least 4 members (excludes halogenated alkanes) is 2. The van der Waals surface area contributed by atoms with Gasteiger partial charge < -0.3 is 43.6 Å². The highest BCUT2D eigenvalue weighted by molar-refractivity contribution is 6.03. The molecule has 1 amide bonds. The zero-order chi connectivity index (χ0) is 44.1. The van der Waals surface area contributed by atoms with Crippen molar-refractivity contribution < 1.29 is 43.5 Å². The molecule has 11 heteroatoms. The van der Waals surface area contributed by atoms with E-state index in [4.69, 9.17) is 33.7 Å². The van der Waals surface area contributed by atoms with E-state index in [9.17, 15) is 15.0 Å². The molecule has 2 aliphatic heterocycles. The van der Waals surface area contributed by atoms with Crippen molar-refractivity contribution in [3.8, 4) is 39.9 Å². The molecular weight excluding hydrogens is 797 g/mol. The van der Waals surface area contributed by atoms with Gasteiger partial charge in [0.1, 0.15) is 28.9 Å². The van der Waals surface area contributed by atoms with Crippen LogP contribution in [0.2, 0.25) is 0 Å². The first-order valence-corrected chi connectivity index (χ1v) is 22.3. The average molecular weight is 857 g/mol. The average Bonchev–Trinajstić information content (AvgIpc) is 3.77. The van der Waals surface area contributed by atoms with Gasteiger partial charge in [0.2, 0.25) is 12.6 Å². The lowest BCUT2D eigenvalue weighted by Gasteiger charge is -2.59. The van der Waals surface area contributed by atoms with Gasteiger partial charge in [-0.05, 0) is 124 Å². The third kappa shape index (κ3) is 9.23. The predicted molar refractivity (Wildman–Crippen MR) is 242 cm³/mol. The Morgan fingerprint density at radius 1 is 0.873 bits per heavy atom. The van der Waals surface area contributed by atoms with Crippen LogP contribution < -0.4 is 18.9 Å². The molecule has 63 heavy (non-hydrogen) atoms. The Bertz CT molecular complexity index is 2300. The van der Waals surface area contributed by atoms with Gasteiger partial charge in [-0.15, -0.1) is 6.58 Å². The van der Waals surface area contributed by atoms with E-state index in [1.807, 2.05) is 63.2 Å². The number of oxime groups is 1. The first-order chi connectivity index (χ1) is 30.5. The number of ether oxygens (including phenoxy) is 5. The summed E-state index contributed by atoms with van der Waals surface area (Å²) in [5, 5.41) is 24.8. The van der Waals surface area contributed by atoms with Gasteiger partial charge in [-0.3, -0.25) is 4.79 Å². The van der Waals surface area contributed by atoms with E-state index < -0.39 is 23.3 Å². The maximum atomic E-state index is 14.8. The lowest BCUT2D eigenvalue weighted by Crippen LogP contribution is -2.69. The summed E-state index contributed by atoms with van der Waals surface area (Å²) in [4.78, 5) is 22.7. The smallest absolute Gasteiger partial charge is 0.254 e. The fourth-order valence-corrected chi connectivity index (χ4v) is 9.84. The van der Waals surface area contributed by atoms with Crippen LogP contribution in [0.25, 0.3) is 11.1 Å². The maximum Gasteiger partial charge on any atom is 0.254 e. The van der Waals surface area contributed by atoms with Gasteiger partial charge in [-0.1, -0.05) is 72.6 Å². The second-order valence-corrected chi connectivity index (χ2v) is 18.0. The van der Waals surface area contributed by atoms with Gasteiger partial charge in [0.05, 0.1) is 18.2 Å². The molecule has 1 saturated carbocycles. The number of benzene rings is 4. The van der Waals surface area contributed by atoms with Crippen molar-refractivity contribution >= 4 is 11.6 Å². The van der Waals surface area contributed by atoms with Crippen LogP contribution in [-0.4, -0.2) is 77.8 Å². The quantitative estimate of drug-likeness (QED) is 0.0606. The van der Waals surface area contributed by atoms with Crippen LogP contribution in [0.3, 0.4) is 0 Å². The van der Waals surface area contributed by atoms with Crippen LogP contribution in [0.5, 0.6) is 28.7 Å². The van der Waals surface area contributed by atoms with Gasteiger partial charge in [-0.25, -0.2) is 0 Å². The molecule has 0 aromatic heterocycles. The van der Waals surface area contributed by atoms with E-state index >= 15 is 0 Å². The minimum Gasteiger partial charge on any atom is -0.459 e. The summed E-state index contributed by atoms with van der Waals surface area (Å²) in [7, 11) is 1.79. The van der Waals surface area contributed by atoms with E-state index in [-0.39, 0.29) is 56.7 Å². The maximum absolute atomic E-state index is 14.8. The molecule has 0 saturated heterocycles. The van der Waals surface area contributed by atoms with E-state index in [1.165, 1.54) is 0 Å². The number of carbonyl (C=O) groups is 1. The number of fused-ring (bicyclic) bond motifs is 3. The van der Waals surface area contributed by atoms with Crippen LogP contribution in [-0.2, 0) is 9.57 Å². The molecule has 0 unspecified atom stereocenters. The van der Waals surface area contributed by atoms with Crippen molar-refractivity contribution in [2.24, 2.45) is 22.9 Å². The molecular formula is C52H60N2O9. The summed E-state index contributed by atoms with van der Waals surface area (Å²) in [6.45, 7) is 10.4. The van der Waals surface area contributed by atoms with E-state index in [0.717, 1.165) is 53.7 Å². The monoisotopic (exact) mass is 856 g/mol. The highest BCUT2D eigenvalue weighted by atomic mass is 16.7. The summed E-state index contributed by atoms with van der Waals surface area (Å²) in [6, 6.07) is 28.9. The number of allylic oxidation sites excluding steroid dienone is 1. The molecule has 332 valence electrons. The Labute approximate surface area is 370 Å². The molecule has 2 aliphatic carbocycles. The molecule has 8 rings (SSSR count). The second kappa shape index (κ2) is 19.0. The molecule has 0 radical (unpaired) electrons. The second-order valence-electron chi connectivity index (χ2n) is 18.0. The van der Waals surface area contributed by atoms with Gasteiger partial charge >= 0.3 is 0 Å². The number of aliphatic hydroxyl groups is 2. The van der Waals surface area contributed by atoms with E-state index in [1.54, 1.807) is 36.2 Å². The summed E-state index contributed by atoms with van der Waals surface area (Å²) in [5.41, 5.74) is 4.74. The number of rotatable bonds is 17. The van der Waals surface area contributed by atoms with Gasteiger partial charge in [-0.2, -0.15) is 0 Å². The lowest BCUT2D eigenvalue weighted by molar-refractivity contribution is -0.252. The van der Waals surface area contributed by atoms with Crippen LogP contribution in [0.15, 0.2) is 120 Å². The standard InChI is InChI=1S/C52H60N2O9/c1-6-28-60-52-47(54(5)50(57)37-20-24-45-46(30-37)59-33-58-45)32-43(53-63-51(2,3)4)41-29-36(16-10-12-26-55)40(17-11-13-27-56)48(49(41)52)42-31-39(23-25-44(42)62-52)61-38-21-18-35(19-22-38)34-14-8-7-9-15-34/h6-9,14-15,18-25,29-31,36,40,47-49,55-56H,1,10-13,16-17,26-28,32-33H2,2-5H3/t36-,40+,47-,48+,49+,52+/m0/s1. The Morgan fingerprint density at radius 2 is 1.57 bits per heavy atom. The van der Waals surface area contributed by atoms with E-state index in [2.05, 4.69) is 43.0 Å². The summed E-state index contributed by atoms with van der Waals surface area (Å²) in [5.74, 6) is 1.000. The SMILES string of the molecule is C=CCO[C@@]12Oc3ccc(Oc4ccc(-c5ccccc5)cc4)cc3[C@H]3[C@H](CCCCO)[C@@H](CCCCO)C=C(C(=NOC(C)(C)C)C[C@@H]1N(C)C(=O)c1ccc4c(c1)OCO4)[C@H]32. The number of likely N-dealkylation sites (N-methyl/N-ethyl adjacent to an activating group) is 1. The fraction of sp³-hybridized carbons (Fsp3) is 0.423. The highest BCUT2D eigenvalue weighted by Crippen LogP contribution is 2.62. The Balaban J connectivity index is 1.28. The topological polar surface area (TPSA) is 129 Å². The predicted octanol–water partition coefficient (Wildman–Crippen LogP) is 10.1. The van der Waals surface area contributed by atoms with Crippen molar-refractivity contribution in [1.82, 2.24) is 4.90 Å². The van der Waals surface area contributed by atoms with Crippen LogP contribution in [0, 0.1) is 17.8 Å². The summed E-state index contributed by atoms with van der Waals surface area (Å²) < 4.78 is 32.3. The molecule has 11 nitrogen and oxygen atoms in total. The van der Waals surface area contributed by atoms with Crippen molar-refractivity contribution in [2.45, 2.75) is 89.1 Å².